The first-order valence-corrected chi connectivity index (χ1v) is 11.9. The number of hydrogen-bond donors (Lipinski definition) is 1. The Morgan fingerprint density at radius 3 is 2.60 bits per heavy atom. The second-order valence-electron chi connectivity index (χ2n) is 8.79. The Kier molecular flexibility index (Phi) is 6.59. The zero-order chi connectivity index (χ0) is 24.2. The number of benzene rings is 2. The van der Waals surface area contributed by atoms with Gasteiger partial charge in [-0.1, -0.05) is 42.0 Å². The quantitative estimate of drug-likeness (QED) is 0.457. The van der Waals surface area contributed by atoms with Crippen molar-refractivity contribution in [3.63, 3.8) is 0 Å². The third-order valence-electron chi connectivity index (χ3n) is 6.21. The summed E-state index contributed by atoms with van der Waals surface area (Å²) < 4.78 is 7.21. The van der Waals surface area contributed by atoms with Crippen molar-refractivity contribution in [2.24, 2.45) is 0 Å². The second kappa shape index (κ2) is 10.1. The highest BCUT2D eigenvalue weighted by atomic mass is 16.5. The summed E-state index contributed by atoms with van der Waals surface area (Å²) in [6, 6.07) is 20.0. The number of morpholine rings is 1. The molecule has 5 rings (SSSR count). The molecule has 0 radical (unpaired) electrons. The highest BCUT2D eigenvalue weighted by Crippen LogP contribution is 2.27. The summed E-state index contributed by atoms with van der Waals surface area (Å²) in [4.78, 5) is 20.1. The molecule has 1 N–H and O–H groups in total. The largest absolute Gasteiger partial charge is 0.378 e. The number of rotatable bonds is 6. The fourth-order valence-corrected chi connectivity index (χ4v) is 4.34. The summed E-state index contributed by atoms with van der Waals surface area (Å²) in [5.74, 6) is 0.750. The van der Waals surface area contributed by atoms with Crippen molar-refractivity contribution in [2.75, 3.05) is 31.2 Å². The van der Waals surface area contributed by atoms with E-state index >= 15 is 0 Å². The van der Waals surface area contributed by atoms with E-state index in [0.717, 1.165) is 41.3 Å². The number of aryl methyl sites for hydroxylation is 2. The molecule has 2 aromatic heterocycles. The van der Waals surface area contributed by atoms with Gasteiger partial charge in [-0.3, -0.25) is 4.79 Å². The molecular formula is C28H29N5O2. The number of nitrogens with zero attached hydrogens (tertiary/aromatic N) is 4. The molecule has 1 aliphatic rings. The maximum absolute atomic E-state index is 13.4. The number of amides is 1. The van der Waals surface area contributed by atoms with Crippen molar-refractivity contribution in [1.29, 1.82) is 0 Å². The Morgan fingerprint density at radius 1 is 1.03 bits per heavy atom. The average Bonchev–Trinajstić information content (AvgIpc) is 3.34. The third kappa shape index (κ3) is 5.10. The standard InChI is InChI=1S/C28H29N5O2/c1-20-8-9-24(21(2)16-20)27-25(19-33(31-27)23-6-4-3-5-7-23)28(34)30-18-22-10-11-29-26(17-22)32-12-14-35-15-13-32/h3-11,16-17,19H,12-15,18H2,1-2H3,(H,30,34). The predicted octanol–water partition coefficient (Wildman–Crippen LogP) is 4.32. The van der Waals surface area contributed by atoms with E-state index in [2.05, 4.69) is 41.2 Å². The van der Waals surface area contributed by atoms with Gasteiger partial charge in [0, 0.05) is 37.6 Å². The van der Waals surface area contributed by atoms with Gasteiger partial charge in [0.15, 0.2) is 0 Å². The molecule has 4 aromatic rings. The van der Waals surface area contributed by atoms with E-state index in [1.54, 1.807) is 10.9 Å². The lowest BCUT2D eigenvalue weighted by molar-refractivity contribution is 0.0951. The first kappa shape index (κ1) is 22.8. The number of anilines is 1. The number of carbonyl (C=O) groups is 1. The molecule has 7 nitrogen and oxygen atoms in total. The minimum atomic E-state index is -0.160. The predicted molar refractivity (Wildman–Crippen MR) is 137 cm³/mol. The van der Waals surface area contributed by atoms with Crippen molar-refractivity contribution >= 4 is 11.7 Å². The van der Waals surface area contributed by atoms with Crippen LogP contribution in [0.3, 0.4) is 0 Å². The lowest BCUT2D eigenvalue weighted by atomic mass is 10.0. The fourth-order valence-electron chi connectivity index (χ4n) is 4.34. The first-order chi connectivity index (χ1) is 17.1. The van der Waals surface area contributed by atoms with Gasteiger partial charge in [-0.15, -0.1) is 0 Å². The van der Waals surface area contributed by atoms with Crippen LogP contribution >= 0.6 is 0 Å². The van der Waals surface area contributed by atoms with Crippen LogP contribution in [0.15, 0.2) is 73.1 Å². The van der Waals surface area contributed by atoms with Crippen molar-refractivity contribution in [3.8, 4) is 16.9 Å². The van der Waals surface area contributed by atoms with Crippen LogP contribution in [-0.2, 0) is 11.3 Å². The van der Waals surface area contributed by atoms with Gasteiger partial charge in [0.25, 0.3) is 5.91 Å². The number of carbonyl (C=O) groups excluding carboxylic acids is 1. The molecule has 1 fully saturated rings. The molecule has 178 valence electrons. The molecule has 0 saturated carbocycles. The number of ether oxygens (including phenoxy) is 1. The van der Waals surface area contributed by atoms with Crippen LogP contribution in [0.1, 0.15) is 27.0 Å². The van der Waals surface area contributed by atoms with Crippen LogP contribution in [0, 0.1) is 13.8 Å². The Labute approximate surface area is 205 Å². The van der Waals surface area contributed by atoms with Crippen LogP contribution in [0.25, 0.3) is 16.9 Å². The summed E-state index contributed by atoms with van der Waals surface area (Å²) in [5.41, 5.74) is 6.33. The molecule has 1 aliphatic heterocycles. The molecule has 0 aliphatic carbocycles. The van der Waals surface area contributed by atoms with Gasteiger partial charge in [0.1, 0.15) is 11.5 Å². The second-order valence-corrected chi connectivity index (χ2v) is 8.79. The van der Waals surface area contributed by atoms with Crippen LogP contribution < -0.4 is 10.2 Å². The molecule has 1 saturated heterocycles. The minimum absolute atomic E-state index is 0.160. The molecule has 0 unspecified atom stereocenters. The van der Waals surface area contributed by atoms with Crippen LogP contribution in [0.4, 0.5) is 5.82 Å². The highest BCUT2D eigenvalue weighted by molar-refractivity contribution is 6.00. The third-order valence-corrected chi connectivity index (χ3v) is 6.21. The summed E-state index contributed by atoms with van der Waals surface area (Å²) in [6.07, 6.45) is 3.60. The molecule has 0 atom stereocenters. The maximum atomic E-state index is 13.4. The van der Waals surface area contributed by atoms with Crippen molar-refractivity contribution in [3.05, 3.63) is 95.3 Å². The van der Waals surface area contributed by atoms with E-state index in [9.17, 15) is 4.79 Å². The topological polar surface area (TPSA) is 72.3 Å². The average molecular weight is 468 g/mol. The van der Waals surface area contributed by atoms with Gasteiger partial charge in [0.05, 0.1) is 24.5 Å². The fraction of sp³-hybridized carbons (Fsp3) is 0.250. The van der Waals surface area contributed by atoms with Gasteiger partial charge in [0.2, 0.25) is 0 Å². The van der Waals surface area contributed by atoms with Gasteiger partial charge in [-0.25, -0.2) is 9.67 Å². The number of aromatic nitrogens is 3. The van der Waals surface area contributed by atoms with Gasteiger partial charge >= 0.3 is 0 Å². The van der Waals surface area contributed by atoms with Crippen LogP contribution in [-0.4, -0.2) is 47.0 Å². The van der Waals surface area contributed by atoms with Gasteiger partial charge in [-0.2, -0.15) is 5.10 Å². The number of pyridine rings is 1. The van der Waals surface area contributed by atoms with E-state index in [-0.39, 0.29) is 5.91 Å². The lowest BCUT2D eigenvalue weighted by Crippen LogP contribution is -2.36. The summed E-state index contributed by atoms with van der Waals surface area (Å²) in [6.45, 7) is 7.57. The monoisotopic (exact) mass is 467 g/mol. The zero-order valence-electron chi connectivity index (χ0n) is 20.1. The van der Waals surface area contributed by atoms with E-state index in [4.69, 9.17) is 9.84 Å². The maximum Gasteiger partial charge on any atom is 0.255 e. The van der Waals surface area contributed by atoms with Crippen molar-refractivity contribution < 1.29 is 9.53 Å². The molecule has 3 heterocycles. The molecule has 2 aromatic carbocycles. The SMILES string of the molecule is Cc1ccc(-c2nn(-c3ccccc3)cc2C(=O)NCc2ccnc(N3CCOCC3)c2)c(C)c1. The number of hydrogen-bond acceptors (Lipinski definition) is 5. The highest BCUT2D eigenvalue weighted by Gasteiger charge is 2.20. The van der Waals surface area contributed by atoms with E-state index in [0.29, 0.717) is 31.0 Å². The van der Waals surface area contributed by atoms with Gasteiger partial charge in [-0.05, 0) is 49.2 Å². The minimum Gasteiger partial charge on any atom is -0.378 e. The molecular weight excluding hydrogens is 438 g/mol. The summed E-state index contributed by atoms with van der Waals surface area (Å²) in [5, 5.41) is 7.91. The Morgan fingerprint density at radius 2 is 1.83 bits per heavy atom. The number of nitrogens with one attached hydrogen (secondary N) is 1. The zero-order valence-corrected chi connectivity index (χ0v) is 20.1. The lowest BCUT2D eigenvalue weighted by Gasteiger charge is -2.28. The summed E-state index contributed by atoms with van der Waals surface area (Å²) >= 11 is 0. The van der Waals surface area contributed by atoms with Crippen molar-refractivity contribution in [2.45, 2.75) is 20.4 Å². The molecule has 7 heteroatoms. The molecule has 0 bridgehead atoms. The normalized spacial score (nSPS) is 13.6. The van der Waals surface area contributed by atoms with E-state index in [1.165, 1.54) is 5.56 Å². The molecule has 1 amide bonds. The number of para-hydroxylation sites is 1. The molecule has 0 spiro atoms. The van der Waals surface area contributed by atoms with E-state index in [1.807, 2.05) is 54.7 Å². The van der Waals surface area contributed by atoms with Crippen molar-refractivity contribution in [1.82, 2.24) is 20.1 Å². The van der Waals surface area contributed by atoms with E-state index < -0.39 is 0 Å². The Balaban J connectivity index is 1.41. The Hall–Kier alpha value is -3.97. The van der Waals surface area contributed by atoms with Gasteiger partial charge < -0.3 is 15.0 Å². The summed E-state index contributed by atoms with van der Waals surface area (Å²) in [7, 11) is 0. The Bertz CT molecular complexity index is 1330. The first-order valence-electron chi connectivity index (χ1n) is 11.9. The smallest absolute Gasteiger partial charge is 0.255 e. The molecule has 35 heavy (non-hydrogen) atoms. The van der Waals surface area contributed by atoms with Crippen LogP contribution in [0.2, 0.25) is 0 Å². The van der Waals surface area contributed by atoms with Crippen LogP contribution in [0.5, 0.6) is 0 Å².